The van der Waals surface area contributed by atoms with Gasteiger partial charge in [-0.05, 0) is 40.5 Å². The first-order chi connectivity index (χ1) is 9.61. The molecule has 1 aromatic carbocycles. The Kier molecular flexibility index (Phi) is 5.09. The second-order valence-electron chi connectivity index (χ2n) is 4.47. The van der Waals surface area contributed by atoms with E-state index in [0.29, 0.717) is 10.2 Å². The first-order valence-electron chi connectivity index (χ1n) is 6.39. The molecule has 0 radical (unpaired) electrons. The maximum atomic E-state index is 13.5. The van der Waals surface area contributed by atoms with Crippen molar-refractivity contribution >= 4 is 15.9 Å². The highest BCUT2D eigenvalue weighted by Gasteiger charge is 2.21. The molecular weight excluding hydrogens is 323 g/mol. The van der Waals surface area contributed by atoms with Crippen LogP contribution in [0.15, 0.2) is 47.2 Å². The van der Waals surface area contributed by atoms with Gasteiger partial charge >= 0.3 is 0 Å². The number of hydrogen-bond acceptors (Lipinski definition) is 3. The molecule has 0 fully saturated rings. The van der Waals surface area contributed by atoms with Gasteiger partial charge in [-0.2, -0.15) is 0 Å². The molecule has 0 spiro atoms. The van der Waals surface area contributed by atoms with Crippen molar-refractivity contribution in [1.82, 2.24) is 4.98 Å². The molecule has 2 rings (SSSR count). The molecule has 2 N–H and O–H groups in total. The molecule has 0 saturated heterocycles. The van der Waals surface area contributed by atoms with Gasteiger partial charge < -0.3 is 10.5 Å². The lowest BCUT2D eigenvalue weighted by Crippen LogP contribution is -2.31. The van der Waals surface area contributed by atoms with Gasteiger partial charge in [0.25, 0.3) is 0 Å². The molecule has 0 aliphatic heterocycles. The van der Waals surface area contributed by atoms with Gasteiger partial charge in [-0.3, -0.25) is 4.98 Å². The van der Waals surface area contributed by atoms with Crippen LogP contribution in [-0.4, -0.2) is 11.0 Å². The fourth-order valence-corrected chi connectivity index (χ4v) is 2.10. The second-order valence-corrected chi connectivity index (χ2v) is 5.33. The number of ether oxygens (including phenoxy) is 1. The van der Waals surface area contributed by atoms with Gasteiger partial charge in [0.05, 0.1) is 4.47 Å². The highest BCUT2D eigenvalue weighted by molar-refractivity contribution is 9.10. The van der Waals surface area contributed by atoms with Crippen LogP contribution in [0.2, 0.25) is 0 Å². The van der Waals surface area contributed by atoms with Crippen LogP contribution in [0.3, 0.4) is 0 Å². The Hall–Kier alpha value is -1.46. The number of nitrogens with two attached hydrogens (primary N) is 1. The third kappa shape index (κ3) is 3.55. The summed E-state index contributed by atoms with van der Waals surface area (Å²) in [6.45, 7) is 1.99. The Bertz CT molecular complexity index is 565. The zero-order chi connectivity index (χ0) is 14.5. The van der Waals surface area contributed by atoms with E-state index in [1.807, 2.05) is 19.1 Å². The molecule has 0 aliphatic carbocycles. The quantitative estimate of drug-likeness (QED) is 0.900. The number of rotatable bonds is 5. The van der Waals surface area contributed by atoms with Crippen molar-refractivity contribution in [3.8, 4) is 5.75 Å². The molecule has 3 nitrogen and oxygen atoms in total. The van der Waals surface area contributed by atoms with E-state index in [1.165, 1.54) is 6.07 Å². The Morgan fingerprint density at radius 1 is 1.40 bits per heavy atom. The lowest BCUT2D eigenvalue weighted by Gasteiger charge is -2.24. The number of pyridine rings is 1. The molecular formula is C15H16BrFN2O. The zero-order valence-electron chi connectivity index (χ0n) is 11.1. The summed E-state index contributed by atoms with van der Waals surface area (Å²) in [4.78, 5) is 4.08. The number of benzene rings is 1. The Morgan fingerprint density at radius 2 is 2.20 bits per heavy atom. The second kappa shape index (κ2) is 6.81. The van der Waals surface area contributed by atoms with E-state index < -0.39 is 0 Å². The van der Waals surface area contributed by atoms with Crippen molar-refractivity contribution < 1.29 is 9.13 Å². The molecule has 5 heteroatoms. The molecule has 2 unspecified atom stereocenters. The van der Waals surface area contributed by atoms with E-state index in [9.17, 15) is 4.39 Å². The van der Waals surface area contributed by atoms with Crippen LogP contribution in [0, 0.1) is 5.82 Å². The fraction of sp³-hybridized carbons (Fsp3) is 0.267. The maximum absolute atomic E-state index is 13.5. The minimum absolute atomic E-state index is 0.189. The Balaban J connectivity index is 2.26. The van der Waals surface area contributed by atoms with Crippen molar-refractivity contribution in [3.05, 3.63) is 58.6 Å². The van der Waals surface area contributed by atoms with Gasteiger partial charge in [0, 0.05) is 30.1 Å². The van der Waals surface area contributed by atoms with Crippen LogP contribution >= 0.6 is 15.9 Å². The van der Waals surface area contributed by atoms with Gasteiger partial charge in [0.2, 0.25) is 0 Å². The first kappa shape index (κ1) is 14.9. The van der Waals surface area contributed by atoms with Crippen molar-refractivity contribution in [2.75, 3.05) is 0 Å². The largest absolute Gasteiger partial charge is 0.484 e. The minimum Gasteiger partial charge on any atom is -0.484 e. The van der Waals surface area contributed by atoms with E-state index in [2.05, 4.69) is 20.9 Å². The number of hydrogen-bond donors (Lipinski definition) is 1. The summed E-state index contributed by atoms with van der Waals surface area (Å²) in [6.07, 6.45) is 3.81. The van der Waals surface area contributed by atoms with Crippen LogP contribution in [0.4, 0.5) is 4.39 Å². The van der Waals surface area contributed by atoms with Crippen molar-refractivity contribution in [1.29, 1.82) is 0 Å². The molecule has 1 heterocycles. The van der Waals surface area contributed by atoms with Gasteiger partial charge in [0.15, 0.2) is 0 Å². The van der Waals surface area contributed by atoms with Crippen molar-refractivity contribution in [2.24, 2.45) is 5.73 Å². The lowest BCUT2D eigenvalue weighted by molar-refractivity contribution is 0.170. The predicted molar refractivity (Wildman–Crippen MR) is 80.0 cm³/mol. The molecule has 0 saturated carbocycles. The van der Waals surface area contributed by atoms with Crippen molar-refractivity contribution in [2.45, 2.75) is 25.5 Å². The molecule has 106 valence electrons. The SMILES string of the molecule is CCC(N)C(Oc1ccc(Br)c(F)c1)c1cccnc1. The normalized spacial score (nSPS) is 13.8. The highest BCUT2D eigenvalue weighted by Crippen LogP contribution is 2.27. The summed E-state index contributed by atoms with van der Waals surface area (Å²) in [5, 5.41) is 0. The van der Waals surface area contributed by atoms with Crippen LogP contribution in [0.25, 0.3) is 0 Å². The molecule has 20 heavy (non-hydrogen) atoms. The monoisotopic (exact) mass is 338 g/mol. The third-order valence-electron chi connectivity index (χ3n) is 3.03. The van der Waals surface area contributed by atoms with Gasteiger partial charge in [-0.1, -0.05) is 13.0 Å². The van der Waals surface area contributed by atoms with Crippen LogP contribution in [0.5, 0.6) is 5.75 Å². The first-order valence-corrected chi connectivity index (χ1v) is 7.18. The smallest absolute Gasteiger partial charge is 0.141 e. The number of aromatic nitrogens is 1. The summed E-state index contributed by atoms with van der Waals surface area (Å²) in [7, 11) is 0. The maximum Gasteiger partial charge on any atom is 0.141 e. The Labute approximate surface area is 126 Å². The summed E-state index contributed by atoms with van der Waals surface area (Å²) < 4.78 is 19.8. The minimum atomic E-state index is -0.363. The van der Waals surface area contributed by atoms with Gasteiger partial charge in [-0.15, -0.1) is 0 Å². The number of halogens is 2. The topological polar surface area (TPSA) is 48.1 Å². The fourth-order valence-electron chi connectivity index (χ4n) is 1.86. The molecule has 0 bridgehead atoms. The summed E-state index contributed by atoms with van der Waals surface area (Å²) >= 11 is 3.12. The van der Waals surface area contributed by atoms with Gasteiger partial charge in [-0.25, -0.2) is 4.39 Å². The molecule has 1 aromatic heterocycles. The lowest BCUT2D eigenvalue weighted by atomic mass is 10.0. The molecule has 2 aromatic rings. The molecule has 2 atom stereocenters. The van der Waals surface area contributed by atoms with Crippen LogP contribution in [0.1, 0.15) is 25.0 Å². The van der Waals surface area contributed by atoms with Crippen LogP contribution in [-0.2, 0) is 0 Å². The molecule has 0 aliphatic rings. The van der Waals surface area contributed by atoms with Crippen molar-refractivity contribution in [3.63, 3.8) is 0 Å². The predicted octanol–water partition coefficient (Wildman–Crippen LogP) is 3.84. The summed E-state index contributed by atoms with van der Waals surface area (Å²) in [6, 6.07) is 8.21. The molecule has 0 amide bonds. The van der Waals surface area contributed by atoms with E-state index >= 15 is 0 Å². The van der Waals surface area contributed by atoms with Gasteiger partial charge in [0.1, 0.15) is 17.7 Å². The standard InChI is InChI=1S/C15H16BrFN2O/c1-2-14(18)15(10-4-3-7-19-9-10)20-11-5-6-12(16)13(17)8-11/h3-9,14-15H,2,18H2,1H3. The van der Waals surface area contributed by atoms with E-state index in [-0.39, 0.29) is 18.0 Å². The van der Waals surface area contributed by atoms with E-state index in [0.717, 1.165) is 12.0 Å². The third-order valence-corrected chi connectivity index (χ3v) is 3.67. The summed E-state index contributed by atoms with van der Waals surface area (Å²) in [5.41, 5.74) is 6.99. The van der Waals surface area contributed by atoms with Crippen LogP contribution < -0.4 is 10.5 Å². The van der Waals surface area contributed by atoms with E-state index in [4.69, 9.17) is 10.5 Å². The Morgan fingerprint density at radius 3 is 2.80 bits per heavy atom. The average Bonchev–Trinajstić information content (AvgIpc) is 2.48. The van der Waals surface area contributed by atoms with E-state index in [1.54, 1.807) is 24.5 Å². The zero-order valence-corrected chi connectivity index (χ0v) is 12.7. The number of nitrogens with zero attached hydrogens (tertiary/aromatic N) is 1. The summed E-state index contributed by atoms with van der Waals surface area (Å²) in [5.74, 6) is 0.0842. The average molecular weight is 339 g/mol. The highest BCUT2D eigenvalue weighted by atomic mass is 79.9.